The number of alkyl halides is 3. The van der Waals surface area contributed by atoms with Crippen LogP contribution in [0.3, 0.4) is 0 Å². The summed E-state index contributed by atoms with van der Waals surface area (Å²) >= 11 is 18.1. The topological polar surface area (TPSA) is 41.1 Å². The van der Waals surface area contributed by atoms with Crippen molar-refractivity contribution in [3.63, 3.8) is 0 Å². The maximum atomic E-state index is 12.1. The molecular formula is C18H27Cl3N2O. The largest absolute Gasteiger partial charge is 0.362 e. The third-order valence-electron chi connectivity index (χ3n) is 3.82. The van der Waals surface area contributed by atoms with Crippen LogP contribution in [-0.2, 0) is 4.79 Å². The molecule has 0 saturated heterocycles. The van der Waals surface area contributed by atoms with Crippen LogP contribution in [0.1, 0.15) is 56.6 Å². The van der Waals surface area contributed by atoms with Gasteiger partial charge in [0.1, 0.15) is 6.17 Å². The summed E-state index contributed by atoms with van der Waals surface area (Å²) in [5.74, 6) is -0.111. The molecular weight excluding hydrogens is 367 g/mol. The summed E-state index contributed by atoms with van der Waals surface area (Å²) in [7, 11) is 0. The van der Waals surface area contributed by atoms with Crippen molar-refractivity contribution < 1.29 is 4.79 Å². The number of halogens is 3. The Morgan fingerprint density at radius 1 is 1.12 bits per heavy atom. The summed E-state index contributed by atoms with van der Waals surface area (Å²) in [6, 6.07) is 5.93. The van der Waals surface area contributed by atoms with Crippen LogP contribution in [0.25, 0.3) is 0 Å². The van der Waals surface area contributed by atoms with Crippen molar-refractivity contribution in [2.45, 2.75) is 69.3 Å². The average Bonchev–Trinajstić information content (AvgIpc) is 2.48. The fourth-order valence-corrected chi connectivity index (χ4v) is 2.78. The molecule has 0 aliphatic heterocycles. The van der Waals surface area contributed by atoms with Crippen LogP contribution in [0.4, 0.5) is 5.69 Å². The molecule has 1 rings (SSSR count). The fourth-order valence-electron chi connectivity index (χ4n) is 2.45. The number of rotatable bonds is 9. The Kier molecular flexibility index (Phi) is 9.25. The van der Waals surface area contributed by atoms with Gasteiger partial charge in [-0.15, -0.1) is 0 Å². The van der Waals surface area contributed by atoms with Crippen LogP contribution in [-0.4, -0.2) is 15.9 Å². The molecule has 0 radical (unpaired) electrons. The SMILES string of the molecule is CCCCCCCC(=O)N[C@H](Nc1ccc(C)cc1C)C(Cl)(Cl)Cl. The highest BCUT2D eigenvalue weighted by molar-refractivity contribution is 6.68. The van der Waals surface area contributed by atoms with E-state index in [0.717, 1.165) is 36.1 Å². The zero-order chi connectivity index (χ0) is 18.2. The third-order valence-corrected chi connectivity index (χ3v) is 4.48. The van der Waals surface area contributed by atoms with Crippen molar-refractivity contribution in [3.8, 4) is 0 Å². The first-order valence-corrected chi connectivity index (χ1v) is 9.57. The smallest absolute Gasteiger partial charge is 0.228 e. The highest BCUT2D eigenvalue weighted by Gasteiger charge is 2.34. The zero-order valence-corrected chi connectivity index (χ0v) is 16.9. The lowest BCUT2D eigenvalue weighted by atomic mass is 10.1. The van der Waals surface area contributed by atoms with Crippen molar-refractivity contribution in [2.75, 3.05) is 5.32 Å². The van der Waals surface area contributed by atoms with E-state index in [4.69, 9.17) is 34.8 Å². The average molecular weight is 394 g/mol. The second kappa shape index (κ2) is 10.4. The van der Waals surface area contributed by atoms with E-state index in [1.807, 2.05) is 32.0 Å². The van der Waals surface area contributed by atoms with Gasteiger partial charge in [-0.25, -0.2) is 0 Å². The molecule has 0 aliphatic carbocycles. The Labute approximate surface area is 160 Å². The molecule has 0 heterocycles. The molecule has 0 saturated carbocycles. The van der Waals surface area contributed by atoms with Gasteiger partial charge in [-0.3, -0.25) is 4.79 Å². The van der Waals surface area contributed by atoms with Gasteiger partial charge in [-0.2, -0.15) is 0 Å². The van der Waals surface area contributed by atoms with Crippen molar-refractivity contribution >= 4 is 46.4 Å². The third kappa shape index (κ3) is 7.96. The normalized spacial score (nSPS) is 12.8. The van der Waals surface area contributed by atoms with Crippen LogP contribution in [0.5, 0.6) is 0 Å². The number of unbranched alkanes of at least 4 members (excludes halogenated alkanes) is 4. The summed E-state index contributed by atoms with van der Waals surface area (Å²) in [6.45, 7) is 6.15. The molecule has 0 aliphatic rings. The Bertz CT molecular complexity index is 529. The molecule has 136 valence electrons. The maximum absolute atomic E-state index is 12.1. The molecule has 24 heavy (non-hydrogen) atoms. The number of benzene rings is 1. The van der Waals surface area contributed by atoms with E-state index in [0.29, 0.717) is 6.42 Å². The molecule has 1 atom stereocenters. The van der Waals surface area contributed by atoms with E-state index in [2.05, 4.69) is 17.6 Å². The molecule has 1 amide bonds. The first-order valence-electron chi connectivity index (χ1n) is 8.44. The first kappa shape index (κ1) is 21.4. The number of carbonyl (C=O) groups excluding carboxylic acids is 1. The van der Waals surface area contributed by atoms with E-state index in [9.17, 15) is 4.79 Å². The molecule has 3 nitrogen and oxygen atoms in total. The molecule has 2 N–H and O–H groups in total. The number of carbonyl (C=O) groups is 1. The molecule has 0 bridgehead atoms. The van der Waals surface area contributed by atoms with Gasteiger partial charge in [0, 0.05) is 12.1 Å². The van der Waals surface area contributed by atoms with Gasteiger partial charge in [-0.1, -0.05) is 85.1 Å². The minimum atomic E-state index is -1.64. The summed E-state index contributed by atoms with van der Waals surface area (Å²) < 4.78 is -1.64. The Morgan fingerprint density at radius 3 is 2.38 bits per heavy atom. The molecule has 6 heteroatoms. The summed E-state index contributed by atoms with van der Waals surface area (Å²) in [4.78, 5) is 12.1. The van der Waals surface area contributed by atoms with E-state index in [1.54, 1.807) is 0 Å². The van der Waals surface area contributed by atoms with Gasteiger partial charge in [0.05, 0.1) is 0 Å². The lowest BCUT2D eigenvalue weighted by molar-refractivity contribution is -0.121. The number of hydrogen-bond acceptors (Lipinski definition) is 2. The predicted molar refractivity (Wildman–Crippen MR) is 105 cm³/mol. The van der Waals surface area contributed by atoms with Crippen molar-refractivity contribution in [3.05, 3.63) is 29.3 Å². The number of anilines is 1. The highest BCUT2D eigenvalue weighted by atomic mass is 35.6. The molecule has 1 aromatic carbocycles. The van der Waals surface area contributed by atoms with Gasteiger partial charge < -0.3 is 10.6 Å². The lowest BCUT2D eigenvalue weighted by Gasteiger charge is -2.28. The number of aryl methyl sites for hydroxylation is 2. The Balaban J connectivity index is 2.61. The minimum absolute atomic E-state index is 0.111. The maximum Gasteiger partial charge on any atom is 0.228 e. The second-order valence-electron chi connectivity index (χ2n) is 6.17. The van der Waals surface area contributed by atoms with E-state index in [1.165, 1.54) is 12.8 Å². The Hall–Kier alpha value is -0.640. The highest BCUT2D eigenvalue weighted by Crippen LogP contribution is 2.32. The van der Waals surface area contributed by atoms with Gasteiger partial charge in [0.15, 0.2) is 0 Å². The van der Waals surface area contributed by atoms with Gasteiger partial charge in [0.2, 0.25) is 9.70 Å². The fraction of sp³-hybridized carbons (Fsp3) is 0.611. The molecule has 0 fully saturated rings. The zero-order valence-electron chi connectivity index (χ0n) is 14.6. The number of amides is 1. The number of hydrogen-bond donors (Lipinski definition) is 2. The van der Waals surface area contributed by atoms with Crippen LogP contribution in [0.2, 0.25) is 0 Å². The molecule has 1 aromatic rings. The summed E-state index contributed by atoms with van der Waals surface area (Å²) in [5, 5.41) is 5.92. The van der Waals surface area contributed by atoms with Crippen LogP contribution >= 0.6 is 34.8 Å². The molecule has 0 spiro atoms. The summed E-state index contributed by atoms with van der Waals surface area (Å²) in [5.41, 5.74) is 3.02. The number of nitrogens with one attached hydrogen (secondary N) is 2. The van der Waals surface area contributed by atoms with Gasteiger partial charge in [0.25, 0.3) is 0 Å². The quantitative estimate of drug-likeness (QED) is 0.312. The van der Waals surface area contributed by atoms with Crippen LogP contribution < -0.4 is 10.6 Å². The standard InChI is InChI=1S/C18H27Cl3N2O/c1-4-5-6-7-8-9-16(24)23-17(18(19,20)21)22-15-11-10-13(2)12-14(15)3/h10-12,17,22H,4-9H2,1-3H3,(H,23,24)/t17-/m0/s1. The van der Waals surface area contributed by atoms with Gasteiger partial charge in [-0.05, 0) is 31.9 Å². The molecule has 0 aromatic heterocycles. The van der Waals surface area contributed by atoms with Crippen molar-refractivity contribution in [2.24, 2.45) is 0 Å². The predicted octanol–water partition coefficient (Wildman–Crippen LogP) is 5.89. The van der Waals surface area contributed by atoms with E-state index < -0.39 is 9.96 Å². The monoisotopic (exact) mass is 392 g/mol. The molecule has 0 unspecified atom stereocenters. The first-order chi connectivity index (χ1) is 11.2. The van der Waals surface area contributed by atoms with E-state index in [-0.39, 0.29) is 5.91 Å². The van der Waals surface area contributed by atoms with Crippen molar-refractivity contribution in [1.29, 1.82) is 0 Å². The second-order valence-corrected chi connectivity index (χ2v) is 8.54. The van der Waals surface area contributed by atoms with Gasteiger partial charge >= 0.3 is 0 Å². The lowest BCUT2D eigenvalue weighted by Crippen LogP contribution is -2.49. The van der Waals surface area contributed by atoms with Crippen molar-refractivity contribution in [1.82, 2.24) is 5.32 Å². The van der Waals surface area contributed by atoms with Crippen LogP contribution in [0.15, 0.2) is 18.2 Å². The van der Waals surface area contributed by atoms with E-state index >= 15 is 0 Å². The van der Waals surface area contributed by atoms with Crippen LogP contribution in [0, 0.1) is 13.8 Å². The summed E-state index contributed by atoms with van der Waals surface area (Å²) in [6.07, 6.45) is 5.08. The Morgan fingerprint density at radius 2 is 1.79 bits per heavy atom. The minimum Gasteiger partial charge on any atom is -0.362 e.